The number of amides is 2. The number of carbonyl (C=O) groups excluding carboxylic acids is 2. The Balaban J connectivity index is 1.18. The van der Waals surface area contributed by atoms with Crippen molar-refractivity contribution in [1.82, 2.24) is 9.80 Å². The molecular formula is C30H48N2O3. The first kappa shape index (κ1) is 25.3. The highest BCUT2D eigenvalue weighted by atomic mass is 16.3. The predicted molar refractivity (Wildman–Crippen MR) is 138 cm³/mol. The average Bonchev–Trinajstić information content (AvgIpc) is 3.14. The number of aliphatic hydroxyl groups is 1. The third-order valence-corrected chi connectivity index (χ3v) is 11.9. The van der Waals surface area contributed by atoms with E-state index in [-0.39, 0.29) is 24.0 Å². The van der Waals surface area contributed by atoms with E-state index in [1.807, 2.05) is 11.9 Å². The lowest BCUT2D eigenvalue weighted by molar-refractivity contribution is -0.144. The summed E-state index contributed by atoms with van der Waals surface area (Å²) in [6.07, 6.45) is 13.6. The smallest absolute Gasteiger partial charge is 0.222 e. The molecular weight excluding hydrogens is 436 g/mol. The number of allylic oxidation sites excluding steroid dienone is 1. The van der Waals surface area contributed by atoms with Crippen molar-refractivity contribution in [2.75, 3.05) is 20.1 Å². The first-order chi connectivity index (χ1) is 16.5. The number of rotatable bonds is 5. The molecule has 0 unspecified atom stereocenters. The van der Waals surface area contributed by atoms with E-state index in [9.17, 15) is 14.7 Å². The second kappa shape index (κ2) is 9.19. The van der Waals surface area contributed by atoms with Gasteiger partial charge in [-0.05, 0) is 98.2 Å². The van der Waals surface area contributed by atoms with Crippen molar-refractivity contribution in [3.05, 3.63) is 11.6 Å². The molecule has 5 nitrogen and oxygen atoms in total. The maximum absolute atomic E-state index is 12.8. The summed E-state index contributed by atoms with van der Waals surface area (Å²) in [6, 6.07) is 0.193. The zero-order valence-electron chi connectivity index (χ0n) is 22.8. The van der Waals surface area contributed by atoms with E-state index in [1.54, 1.807) is 17.4 Å². The minimum absolute atomic E-state index is 0.0780. The molecule has 8 atom stereocenters. The molecule has 3 saturated carbocycles. The third-order valence-electron chi connectivity index (χ3n) is 11.9. The Morgan fingerprint density at radius 3 is 2.60 bits per heavy atom. The predicted octanol–water partition coefficient (Wildman–Crippen LogP) is 5.03. The first-order valence-electron chi connectivity index (χ1n) is 14.4. The molecule has 0 aromatic heterocycles. The van der Waals surface area contributed by atoms with Gasteiger partial charge in [-0.25, -0.2) is 0 Å². The van der Waals surface area contributed by atoms with Crippen molar-refractivity contribution in [3.63, 3.8) is 0 Å². The second-order valence-electron chi connectivity index (χ2n) is 13.5. The number of likely N-dealkylation sites (tertiary alicyclic amines) is 1. The van der Waals surface area contributed by atoms with Gasteiger partial charge in [0.1, 0.15) is 0 Å². The summed E-state index contributed by atoms with van der Waals surface area (Å²) in [5, 5.41) is 10.3. The van der Waals surface area contributed by atoms with Crippen LogP contribution in [0.15, 0.2) is 11.6 Å². The lowest BCUT2D eigenvalue weighted by Gasteiger charge is -2.58. The van der Waals surface area contributed by atoms with Crippen LogP contribution < -0.4 is 0 Å². The van der Waals surface area contributed by atoms with Gasteiger partial charge in [-0.15, -0.1) is 0 Å². The molecule has 4 fully saturated rings. The summed E-state index contributed by atoms with van der Waals surface area (Å²) in [6.45, 7) is 10.5. The summed E-state index contributed by atoms with van der Waals surface area (Å²) < 4.78 is 0. The molecule has 35 heavy (non-hydrogen) atoms. The highest BCUT2D eigenvalue weighted by molar-refractivity contribution is 5.78. The zero-order chi connectivity index (χ0) is 25.1. The van der Waals surface area contributed by atoms with Gasteiger partial charge in [-0.2, -0.15) is 0 Å². The number of aliphatic hydroxyl groups excluding tert-OH is 1. The van der Waals surface area contributed by atoms with Crippen LogP contribution in [-0.4, -0.2) is 59.0 Å². The summed E-state index contributed by atoms with van der Waals surface area (Å²) >= 11 is 0. The van der Waals surface area contributed by atoms with Gasteiger partial charge in [0, 0.05) is 33.5 Å². The zero-order valence-corrected chi connectivity index (χ0v) is 22.8. The van der Waals surface area contributed by atoms with Gasteiger partial charge in [-0.3, -0.25) is 9.59 Å². The van der Waals surface area contributed by atoms with E-state index < -0.39 is 0 Å². The molecule has 0 bridgehead atoms. The number of hydrogen-bond donors (Lipinski definition) is 1. The van der Waals surface area contributed by atoms with Gasteiger partial charge in [-0.1, -0.05) is 32.4 Å². The van der Waals surface area contributed by atoms with E-state index in [0.29, 0.717) is 36.3 Å². The van der Waals surface area contributed by atoms with Crippen LogP contribution in [0, 0.1) is 40.4 Å². The highest BCUT2D eigenvalue weighted by Gasteiger charge is 2.59. The summed E-state index contributed by atoms with van der Waals surface area (Å²) in [5.41, 5.74) is 2.28. The number of likely N-dealkylation sites (N-methyl/N-ethyl adjacent to an activating group) is 1. The van der Waals surface area contributed by atoms with Crippen molar-refractivity contribution in [1.29, 1.82) is 0 Å². The molecule has 4 aliphatic carbocycles. The van der Waals surface area contributed by atoms with Crippen molar-refractivity contribution >= 4 is 11.8 Å². The van der Waals surface area contributed by atoms with Gasteiger partial charge < -0.3 is 14.9 Å². The lowest BCUT2D eigenvalue weighted by atomic mass is 9.47. The van der Waals surface area contributed by atoms with Crippen LogP contribution in [0.3, 0.4) is 0 Å². The second-order valence-corrected chi connectivity index (χ2v) is 13.5. The van der Waals surface area contributed by atoms with E-state index in [0.717, 1.165) is 49.4 Å². The molecule has 1 heterocycles. The minimum Gasteiger partial charge on any atom is -0.393 e. The maximum atomic E-state index is 12.8. The summed E-state index contributed by atoms with van der Waals surface area (Å²) in [4.78, 5) is 28.1. The van der Waals surface area contributed by atoms with Crippen molar-refractivity contribution < 1.29 is 14.7 Å². The lowest BCUT2D eigenvalue weighted by Crippen LogP contribution is -2.61. The molecule has 196 valence electrons. The average molecular weight is 485 g/mol. The van der Waals surface area contributed by atoms with Crippen LogP contribution in [0.1, 0.15) is 91.9 Å². The van der Waals surface area contributed by atoms with Gasteiger partial charge in [0.05, 0.1) is 12.1 Å². The maximum Gasteiger partial charge on any atom is 0.222 e. The molecule has 0 spiro atoms. The fourth-order valence-electron chi connectivity index (χ4n) is 9.49. The van der Waals surface area contributed by atoms with Crippen molar-refractivity contribution in [3.8, 4) is 0 Å². The summed E-state index contributed by atoms with van der Waals surface area (Å²) in [7, 11) is 1.84. The molecule has 1 saturated heterocycles. The molecule has 5 heteroatoms. The first-order valence-corrected chi connectivity index (χ1v) is 14.4. The number of hydrogen-bond acceptors (Lipinski definition) is 3. The van der Waals surface area contributed by atoms with Crippen molar-refractivity contribution in [2.45, 2.75) is 104 Å². The van der Waals surface area contributed by atoms with Crippen LogP contribution in [0.4, 0.5) is 0 Å². The van der Waals surface area contributed by atoms with Gasteiger partial charge in [0.2, 0.25) is 11.8 Å². The quantitative estimate of drug-likeness (QED) is 0.557. The Kier molecular flexibility index (Phi) is 6.64. The standard InChI is InChI=1S/C30H48N2O3/c1-19(6-11-28(35)32-17-22(18-32)31(5)20(2)33)25-9-10-26-24-8-7-21-16-23(34)12-14-29(21,3)27(24)13-15-30(25,26)4/h7,19,22-27,34H,6,8-18H2,1-5H3/t19-,23+,24+,25-,26+,27+,29+,30-/m1/s1. The summed E-state index contributed by atoms with van der Waals surface area (Å²) in [5.74, 6) is 4.05. The Hall–Kier alpha value is -1.36. The Bertz CT molecular complexity index is 879. The molecule has 0 aromatic rings. The Morgan fingerprint density at radius 2 is 1.89 bits per heavy atom. The topological polar surface area (TPSA) is 60.9 Å². The molecule has 0 aromatic carbocycles. The SMILES string of the molecule is CC(=O)N(C)C1CN(C(=O)CC[C@@H](C)[C@H]2CC[C@H]3[C@@H]4CC=C5C[C@@H](O)CC[C@]5(C)[C@H]4CC[C@]23C)C1. The van der Waals surface area contributed by atoms with Crippen LogP contribution in [0.25, 0.3) is 0 Å². The number of carbonyl (C=O) groups is 2. The van der Waals surface area contributed by atoms with Gasteiger partial charge in [0.25, 0.3) is 0 Å². The Morgan fingerprint density at radius 1 is 1.14 bits per heavy atom. The Labute approximate surface area is 212 Å². The van der Waals surface area contributed by atoms with Crippen LogP contribution in [0.2, 0.25) is 0 Å². The highest BCUT2D eigenvalue weighted by Crippen LogP contribution is 2.67. The minimum atomic E-state index is -0.128. The molecule has 1 aliphatic heterocycles. The van der Waals surface area contributed by atoms with E-state index in [2.05, 4.69) is 26.8 Å². The van der Waals surface area contributed by atoms with Crippen LogP contribution in [0.5, 0.6) is 0 Å². The van der Waals surface area contributed by atoms with Crippen LogP contribution >= 0.6 is 0 Å². The fourth-order valence-corrected chi connectivity index (χ4v) is 9.49. The van der Waals surface area contributed by atoms with E-state index in [1.165, 1.54) is 32.1 Å². The monoisotopic (exact) mass is 484 g/mol. The third kappa shape index (κ3) is 4.18. The van der Waals surface area contributed by atoms with Gasteiger partial charge in [0.15, 0.2) is 0 Å². The molecule has 0 radical (unpaired) electrons. The molecule has 5 aliphatic rings. The van der Waals surface area contributed by atoms with Crippen LogP contribution in [-0.2, 0) is 9.59 Å². The van der Waals surface area contributed by atoms with E-state index >= 15 is 0 Å². The molecule has 1 N–H and O–H groups in total. The normalized spacial score (nSPS) is 41.7. The largest absolute Gasteiger partial charge is 0.393 e. The number of fused-ring (bicyclic) bond motifs is 5. The molecule has 5 rings (SSSR count). The van der Waals surface area contributed by atoms with E-state index in [4.69, 9.17) is 0 Å². The number of nitrogens with zero attached hydrogens (tertiary/aromatic N) is 2. The molecule has 2 amide bonds. The van der Waals surface area contributed by atoms with Gasteiger partial charge >= 0.3 is 0 Å². The van der Waals surface area contributed by atoms with Crippen molar-refractivity contribution in [2.24, 2.45) is 40.4 Å². The fraction of sp³-hybridized carbons (Fsp3) is 0.867.